The summed E-state index contributed by atoms with van der Waals surface area (Å²) in [7, 11) is 0. The van der Waals surface area contributed by atoms with Crippen molar-refractivity contribution < 1.29 is 5.11 Å². The van der Waals surface area contributed by atoms with Crippen molar-refractivity contribution in [2.75, 3.05) is 16.0 Å². The first-order chi connectivity index (χ1) is 13.0. The molecule has 3 aromatic rings. The fourth-order valence-corrected chi connectivity index (χ4v) is 2.47. The zero-order valence-electron chi connectivity index (χ0n) is 14.9. The third-order valence-electron chi connectivity index (χ3n) is 3.77. The Labute approximate surface area is 165 Å². The van der Waals surface area contributed by atoms with Gasteiger partial charge in [0.15, 0.2) is 0 Å². The van der Waals surface area contributed by atoms with Crippen LogP contribution in [0.5, 0.6) is 0 Å². The van der Waals surface area contributed by atoms with Crippen molar-refractivity contribution in [1.82, 2.24) is 19.9 Å². The van der Waals surface area contributed by atoms with E-state index in [4.69, 9.17) is 0 Å². The maximum Gasteiger partial charge on any atom is 0.229 e. The standard InChI is InChI=1S/C18H20BrN7O/c1-11(12(2)27)23-16-15(19)10-22-18(26-16)25-14-6-3-5-13(9-14)24-17-20-7-4-8-21-17/h3-12,27H,1-2H3,(H,20,21,24)(H2,22,23,25,26)/t11-,12-/m1/s1. The van der Waals surface area contributed by atoms with Crippen LogP contribution < -0.4 is 16.0 Å². The molecule has 3 rings (SSSR count). The van der Waals surface area contributed by atoms with Gasteiger partial charge in [-0.2, -0.15) is 4.98 Å². The largest absolute Gasteiger partial charge is 0.391 e. The molecule has 0 aliphatic rings. The van der Waals surface area contributed by atoms with Gasteiger partial charge in [0.2, 0.25) is 11.9 Å². The van der Waals surface area contributed by atoms with Crippen molar-refractivity contribution in [2.45, 2.75) is 26.0 Å². The molecule has 2 heterocycles. The van der Waals surface area contributed by atoms with E-state index in [1.165, 1.54) is 0 Å². The number of hydrogen-bond donors (Lipinski definition) is 4. The lowest BCUT2D eigenvalue weighted by atomic mass is 10.2. The number of aromatic nitrogens is 4. The predicted octanol–water partition coefficient (Wildman–Crippen LogP) is 3.70. The highest BCUT2D eigenvalue weighted by molar-refractivity contribution is 9.10. The minimum Gasteiger partial charge on any atom is -0.391 e. The van der Waals surface area contributed by atoms with E-state index in [1.54, 1.807) is 31.6 Å². The summed E-state index contributed by atoms with van der Waals surface area (Å²) in [6.45, 7) is 3.61. The first kappa shape index (κ1) is 19.0. The van der Waals surface area contributed by atoms with Crippen LogP contribution in [-0.2, 0) is 0 Å². The number of rotatable bonds is 7. The number of aliphatic hydroxyl groups is 1. The Kier molecular flexibility index (Phi) is 6.15. The number of nitrogens with zero attached hydrogens (tertiary/aromatic N) is 4. The van der Waals surface area contributed by atoms with Crippen molar-refractivity contribution in [3.8, 4) is 0 Å². The van der Waals surface area contributed by atoms with Crippen LogP contribution >= 0.6 is 15.9 Å². The fraction of sp³-hybridized carbons (Fsp3) is 0.222. The summed E-state index contributed by atoms with van der Waals surface area (Å²) in [5, 5.41) is 19.2. The molecule has 0 amide bonds. The quantitative estimate of drug-likeness (QED) is 0.450. The highest BCUT2D eigenvalue weighted by Crippen LogP contribution is 2.24. The Bertz CT molecular complexity index is 892. The maximum atomic E-state index is 9.68. The Morgan fingerprint density at radius 3 is 2.30 bits per heavy atom. The average molecular weight is 430 g/mol. The summed E-state index contributed by atoms with van der Waals surface area (Å²) in [5.74, 6) is 1.56. The molecule has 1 aromatic carbocycles. The van der Waals surface area contributed by atoms with Crippen LogP contribution in [0.3, 0.4) is 0 Å². The molecule has 0 bridgehead atoms. The zero-order chi connectivity index (χ0) is 19.2. The van der Waals surface area contributed by atoms with E-state index in [2.05, 4.69) is 51.8 Å². The molecule has 8 nitrogen and oxygen atoms in total. The van der Waals surface area contributed by atoms with Crippen molar-refractivity contribution in [3.63, 3.8) is 0 Å². The van der Waals surface area contributed by atoms with E-state index in [0.29, 0.717) is 17.7 Å². The molecule has 27 heavy (non-hydrogen) atoms. The minimum absolute atomic E-state index is 0.151. The number of benzene rings is 1. The normalized spacial score (nSPS) is 12.9. The van der Waals surface area contributed by atoms with Gasteiger partial charge in [-0.05, 0) is 54.0 Å². The lowest BCUT2D eigenvalue weighted by Crippen LogP contribution is -2.28. The van der Waals surface area contributed by atoms with Gasteiger partial charge in [0.25, 0.3) is 0 Å². The van der Waals surface area contributed by atoms with Gasteiger partial charge in [0, 0.05) is 30.0 Å². The van der Waals surface area contributed by atoms with Gasteiger partial charge < -0.3 is 21.1 Å². The molecule has 4 N–H and O–H groups in total. The van der Waals surface area contributed by atoms with Gasteiger partial charge in [0.05, 0.1) is 16.6 Å². The number of hydrogen-bond acceptors (Lipinski definition) is 8. The maximum absolute atomic E-state index is 9.68. The number of anilines is 5. The number of aliphatic hydroxyl groups excluding tert-OH is 1. The van der Waals surface area contributed by atoms with Crippen LogP contribution in [0.4, 0.5) is 29.1 Å². The van der Waals surface area contributed by atoms with Gasteiger partial charge in [-0.15, -0.1) is 0 Å². The number of nitrogens with one attached hydrogen (secondary N) is 3. The Balaban J connectivity index is 1.74. The summed E-state index contributed by atoms with van der Waals surface area (Å²) in [6, 6.07) is 9.25. The molecule has 0 aliphatic heterocycles. The third-order valence-corrected chi connectivity index (χ3v) is 4.35. The van der Waals surface area contributed by atoms with Crippen LogP contribution in [0.2, 0.25) is 0 Å². The SMILES string of the molecule is C[C@@H](O)[C@@H](C)Nc1nc(Nc2cccc(Nc3ncccn3)c2)ncc1Br. The molecule has 0 fully saturated rings. The lowest BCUT2D eigenvalue weighted by molar-refractivity contribution is 0.177. The molecule has 0 radical (unpaired) electrons. The van der Waals surface area contributed by atoms with Gasteiger partial charge in [-0.3, -0.25) is 0 Å². The molecule has 0 saturated carbocycles. The average Bonchev–Trinajstić information content (AvgIpc) is 2.65. The molecule has 0 saturated heterocycles. The third kappa shape index (κ3) is 5.35. The van der Waals surface area contributed by atoms with Gasteiger partial charge in [0.1, 0.15) is 5.82 Å². The second-order valence-electron chi connectivity index (χ2n) is 5.97. The van der Waals surface area contributed by atoms with Crippen LogP contribution in [0.1, 0.15) is 13.8 Å². The van der Waals surface area contributed by atoms with Crippen LogP contribution in [0.25, 0.3) is 0 Å². The summed E-state index contributed by atoms with van der Waals surface area (Å²) in [6.07, 6.45) is 4.50. The van der Waals surface area contributed by atoms with Crippen LogP contribution in [-0.4, -0.2) is 37.2 Å². The molecular weight excluding hydrogens is 410 g/mol. The van der Waals surface area contributed by atoms with E-state index in [-0.39, 0.29) is 6.04 Å². The molecular formula is C18H20BrN7O. The summed E-state index contributed by atoms with van der Waals surface area (Å²) in [4.78, 5) is 17.0. The molecule has 2 aromatic heterocycles. The Morgan fingerprint density at radius 1 is 0.963 bits per heavy atom. The topological polar surface area (TPSA) is 108 Å². The molecule has 2 atom stereocenters. The lowest BCUT2D eigenvalue weighted by Gasteiger charge is -2.18. The Hall–Kier alpha value is -2.78. The molecule has 140 valence electrons. The van der Waals surface area contributed by atoms with E-state index in [0.717, 1.165) is 15.8 Å². The van der Waals surface area contributed by atoms with E-state index in [1.807, 2.05) is 31.2 Å². The highest BCUT2D eigenvalue weighted by Gasteiger charge is 2.12. The van der Waals surface area contributed by atoms with Crippen molar-refractivity contribution in [1.29, 1.82) is 0 Å². The monoisotopic (exact) mass is 429 g/mol. The van der Waals surface area contributed by atoms with Gasteiger partial charge >= 0.3 is 0 Å². The Morgan fingerprint density at radius 2 is 1.63 bits per heavy atom. The summed E-state index contributed by atoms with van der Waals surface area (Å²) < 4.78 is 0.720. The smallest absolute Gasteiger partial charge is 0.229 e. The number of halogens is 1. The van der Waals surface area contributed by atoms with Crippen LogP contribution in [0.15, 0.2) is 53.4 Å². The van der Waals surface area contributed by atoms with Crippen LogP contribution in [0, 0.1) is 0 Å². The molecule has 0 spiro atoms. The molecule has 0 aliphatic carbocycles. The summed E-state index contributed by atoms with van der Waals surface area (Å²) >= 11 is 3.42. The first-order valence-corrected chi connectivity index (χ1v) is 9.19. The van der Waals surface area contributed by atoms with Crippen molar-refractivity contribution in [2.24, 2.45) is 0 Å². The van der Waals surface area contributed by atoms with E-state index < -0.39 is 6.10 Å². The van der Waals surface area contributed by atoms with E-state index in [9.17, 15) is 5.11 Å². The van der Waals surface area contributed by atoms with E-state index >= 15 is 0 Å². The van der Waals surface area contributed by atoms with Gasteiger partial charge in [-0.25, -0.2) is 15.0 Å². The molecule has 9 heteroatoms. The minimum atomic E-state index is -0.508. The first-order valence-electron chi connectivity index (χ1n) is 8.39. The van der Waals surface area contributed by atoms with Crippen molar-refractivity contribution >= 4 is 45.0 Å². The zero-order valence-corrected chi connectivity index (χ0v) is 16.5. The van der Waals surface area contributed by atoms with Crippen molar-refractivity contribution in [3.05, 3.63) is 53.4 Å². The molecule has 0 unspecified atom stereocenters. The fourth-order valence-electron chi connectivity index (χ4n) is 2.16. The highest BCUT2D eigenvalue weighted by atomic mass is 79.9. The second kappa shape index (κ2) is 8.74. The second-order valence-corrected chi connectivity index (χ2v) is 6.82. The predicted molar refractivity (Wildman–Crippen MR) is 110 cm³/mol. The van der Waals surface area contributed by atoms with Gasteiger partial charge in [-0.1, -0.05) is 6.07 Å². The summed E-state index contributed by atoms with van der Waals surface area (Å²) in [5.41, 5.74) is 1.65.